The van der Waals surface area contributed by atoms with Crippen molar-refractivity contribution in [1.82, 2.24) is 5.32 Å². The highest BCUT2D eigenvalue weighted by Gasteiger charge is 2.31. The molecule has 2 aromatic carbocycles. The van der Waals surface area contributed by atoms with E-state index < -0.39 is 18.0 Å². The Morgan fingerprint density at radius 1 is 0.963 bits per heavy atom. The molecule has 9 heteroatoms. The molecule has 0 atom stereocenters. The average Bonchev–Trinajstić information content (AvgIpc) is 2.64. The minimum Gasteiger partial charge on any atom is -0.493 e. The zero-order chi connectivity index (χ0) is 20.0. The number of benzene rings is 2. The number of nitrogens with one attached hydrogen (secondary N) is 1. The number of hydrogen-bond acceptors (Lipinski definition) is 5. The highest BCUT2D eigenvalue weighted by molar-refractivity contribution is 5.94. The molecule has 0 fully saturated rings. The number of amides is 1. The van der Waals surface area contributed by atoms with E-state index >= 15 is 0 Å². The Hall–Kier alpha value is -3.10. The van der Waals surface area contributed by atoms with Gasteiger partial charge in [-0.15, -0.1) is 13.2 Å². The summed E-state index contributed by atoms with van der Waals surface area (Å²) in [5.74, 6) is 0.450. The van der Waals surface area contributed by atoms with Gasteiger partial charge in [-0.25, -0.2) is 0 Å². The molecule has 0 radical (unpaired) electrons. The summed E-state index contributed by atoms with van der Waals surface area (Å²) in [5.41, 5.74) is 0.881. The second-order valence-corrected chi connectivity index (χ2v) is 5.29. The van der Waals surface area contributed by atoms with Crippen molar-refractivity contribution in [1.29, 1.82) is 0 Å². The van der Waals surface area contributed by atoms with Gasteiger partial charge in [-0.05, 0) is 42.0 Å². The topological polar surface area (TPSA) is 66.0 Å². The predicted molar refractivity (Wildman–Crippen MR) is 90.4 cm³/mol. The molecular weight excluding hydrogens is 367 g/mol. The lowest BCUT2D eigenvalue weighted by atomic mass is 10.1. The van der Waals surface area contributed by atoms with Crippen molar-refractivity contribution in [2.24, 2.45) is 0 Å². The van der Waals surface area contributed by atoms with Crippen LogP contribution >= 0.6 is 0 Å². The minimum atomic E-state index is -4.78. The van der Waals surface area contributed by atoms with Crippen LogP contribution in [0.4, 0.5) is 13.2 Å². The Labute approximate surface area is 153 Å². The summed E-state index contributed by atoms with van der Waals surface area (Å²) < 4.78 is 55.9. The number of rotatable bonds is 7. The van der Waals surface area contributed by atoms with Crippen molar-refractivity contribution >= 4 is 5.91 Å². The van der Waals surface area contributed by atoms with Crippen molar-refractivity contribution in [3.63, 3.8) is 0 Å². The van der Waals surface area contributed by atoms with Crippen LogP contribution < -0.4 is 24.3 Å². The molecule has 0 aliphatic heterocycles. The van der Waals surface area contributed by atoms with Crippen LogP contribution in [-0.4, -0.2) is 33.6 Å². The molecule has 0 saturated carbocycles. The Morgan fingerprint density at radius 3 is 1.96 bits per heavy atom. The van der Waals surface area contributed by atoms with Gasteiger partial charge in [0.1, 0.15) is 5.75 Å². The van der Waals surface area contributed by atoms with Gasteiger partial charge in [0, 0.05) is 12.1 Å². The number of halogens is 3. The average molecular weight is 385 g/mol. The van der Waals surface area contributed by atoms with Crippen molar-refractivity contribution in [2.75, 3.05) is 21.3 Å². The lowest BCUT2D eigenvalue weighted by Gasteiger charge is -2.14. The van der Waals surface area contributed by atoms with Gasteiger partial charge >= 0.3 is 6.36 Å². The normalized spacial score (nSPS) is 10.9. The van der Waals surface area contributed by atoms with Crippen LogP contribution in [0.3, 0.4) is 0 Å². The van der Waals surface area contributed by atoms with Crippen LogP contribution in [0.15, 0.2) is 36.4 Å². The third-order valence-electron chi connectivity index (χ3n) is 3.53. The summed E-state index contributed by atoms with van der Waals surface area (Å²) in [6.07, 6.45) is -4.78. The van der Waals surface area contributed by atoms with Gasteiger partial charge in [0.25, 0.3) is 5.91 Å². The first-order valence-corrected chi connectivity index (χ1v) is 7.70. The smallest absolute Gasteiger partial charge is 0.493 e. The van der Waals surface area contributed by atoms with Gasteiger partial charge in [0.2, 0.25) is 5.75 Å². The number of carbonyl (C=O) groups is 1. The van der Waals surface area contributed by atoms with Crippen LogP contribution in [-0.2, 0) is 6.54 Å². The molecule has 1 N–H and O–H groups in total. The lowest BCUT2D eigenvalue weighted by Crippen LogP contribution is -2.23. The second-order valence-electron chi connectivity index (χ2n) is 5.29. The van der Waals surface area contributed by atoms with Crippen molar-refractivity contribution in [3.05, 3.63) is 47.5 Å². The Bertz CT molecular complexity index is 766. The first kappa shape index (κ1) is 20.2. The highest BCUT2D eigenvalue weighted by atomic mass is 19.4. The van der Waals surface area contributed by atoms with E-state index in [0.717, 1.165) is 12.1 Å². The molecule has 0 aliphatic rings. The molecule has 0 heterocycles. The van der Waals surface area contributed by atoms with E-state index in [4.69, 9.17) is 14.2 Å². The molecule has 146 valence electrons. The van der Waals surface area contributed by atoms with Crippen LogP contribution in [0.1, 0.15) is 15.9 Å². The molecule has 0 spiro atoms. The first-order valence-electron chi connectivity index (χ1n) is 7.70. The fourth-order valence-electron chi connectivity index (χ4n) is 2.33. The van der Waals surface area contributed by atoms with E-state index in [1.54, 1.807) is 12.1 Å². The van der Waals surface area contributed by atoms with Gasteiger partial charge in [-0.3, -0.25) is 4.79 Å². The number of methoxy groups -OCH3 is 3. The maximum atomic E-state index is 12.2. The number of alkyl halides is 3. The van der Waals surface area contributed by atoms with Crippen molar-refractivity contribution < 1.29 is 36.9 Å². The summed E-state index contributed by atoms with van der Waals surface area (Å²) in [4.78, 5) is 12.2. The molecule has 0 bridgehead atoms. The zero-order valence-electron chi connectivity index (χ0n) is 14.8. The van der Waals surface area contributed by atoms with Crippen molar-refractivity contribution in [3.8, 4) is 23.0 Å². The largest absolute Gasteiger partial charge is 0.573 e. The van der Waals surface area contributed by atoms with E-state index in [1.165, 1.54) is 33.5 Å². The Kier molecular flexibility index (Phi) is 6.38. The van der Waals surface area contributed by atoms with E-state index in [9.17, 15) is 18.0 Å². The molecule has 0 saturated heterocycles. The monoisotopic (exact) mass is 385 g/mol. The van der Waals surface area contributed by atoms with Gasteiger partial charge in [0.05, 0.1) is 21.3 Å². The Balaban J connectivity index is 2.07. The van der Waals surface area contributed by atoms with Gasteiger partial charge < -0.3 is 24.3 Å². The molecule has 0 aromatic heterocycles. The maximum Gasteiger partial charge on any atom is 0.573 e. The molecule has 1 amide bonds. The summed E-state index contributed by atoms with van der Waals surface area (Å²) in [7, 11) is 4.43. The predicted octanol–water partition coefficient (Wildman–Crippen LogP) is 3.54. The molecular formula is C18H18F3NO5. The molecule has 0 unspecified atom stereocenters. The first-order chi connectivity index (χ1) is 12.8. The molecule has 6 nitrogen and oxygen atoms in total. The van der Waals surface area contributed by atoms with Gasteiger partial charge in [-0.2, -0.15) is 0 Å². The van der Waals surface area contributed by atoms with Crippen molar-refractivity contribution in [2.45, 2.75) is 12.9 Å². The second kappa shape index (κ2) is 8.52. The highest BCUT2D eigenvalue weighted by Crippen LogP contribution is 2.38. The summed E-state index contributed by atoms with van der Waals surface area (Å²) in [6.45, 7) is 0.149. The van der Waals surface area contributed by atoms with E-state index in [-0.39, 0.29) is 12.1 Å². The van der Waals surface area contributed by atoms with Crippen LogP contribution in [0.25, 0.3) is 0 Å². The summed E-state index contributed by atoms with van der Waals surface area (Å²) in [5, 5.41) is 2.67. The number of ether oxygens (including phenoxy) is 4. The van der Waals surface area contributed by atoms with Crippen LogP contribution in [0.5, 0.6) is 23.0 Å². The molecule has 0 aliphatic carbocycles. The summed E-state index contributed by atoms with van der Waals surface area (Å²) >= 11 is 0. The summed E-state index contributed by atoms with van der Waals surface area (Å²) in [6, 6.07) is 7.99. The quantitative estimate of drug-likeness (QED) is 0.790. The third-order valence-corrected chi connectivity index (χ3v) is 3.53. The lowest BCUT2D eigenvalue weighted by molar-refractivity contribution is -0.274. The van der Waals surface area contributed by atoms with E-state index in [1.807, 2.05) is 0 Å². The van der Waals surface area contributed by atoms with E-state index in [2.05, 4.69) is 10.1 Å². The van der Waals surface area contributed by atoms with Gasteiger partial charge in [0.15, 0.2) is 11.5 Å². The standard InChI is InChI=1S/C18H18F3NO5/c1-24-14-8-11(9-15(25-2)16(14)26-3)10-22-17(23)12-4-6-13(7-5-12)27-18(19,20)21/h4-9H,10H2,1-3H3,(H,22,23). The Morgan fingerprint density at radius 2 is 1.52 bits per heavy atom. The SMILES string of the molecule is COc1cc(CNC(=O)c2ccc(OC(F)(F)F)cc2)cc(OC)c1OC. The number of hydrogen-bond donors (Lipinski definition) is 1. The maximum absolute atomic E-state index is 12.2. The number of carbonyl (C=O) groups excluding carboxylic acids is 1. The fourth-order valence-corrected chi connectivity index (χ4v) is 2.33. The van der Waals surface area contributed by atoms with Gasteiger partial charge in [-0.1, -0.05) is 0 Å². The third kappa shape index (κ3) is 5.44. The molecule has 2 aromatic rings. The minimum absolute atomic E-state index is 0.149. The fraction of sp³-hybridized carbons (Fsp3) is 0.278. The molecule has 2 rings (SSSR count). The zero-order valence-corrected chi connectivity index (χ0v) is 14.8. The van der Waals surface area contributed by atoms with Crippen LogP contribution in [0, 0.1) is 0 Å². The van der Waals surface area contributed by atoms with E-state index in [0.29, 0.717) is 22.8 Å². The van der Waals surface area contributed by atoms with Crippen LogP contribution in [0.2, 0.25) is 0 Å². The molecule has 27 heavy (non-hydrogen) atoms.